The van der Waals surface area contributed by atoms with E-state index in [2.05, 4.69) is 26.0 Å². The maximum atomic E-state index is 13.5. The Bertz CT molecular complexity index is 1700. The van der Waals surface area contributed by atoms with Gasteiger partial charge in [-0.25, -0.2) is 16.8 Å². The number of carbonyl (C=O) groups excluding carboxylic acids is 1. The second kappa shape index (κ2) is 11.8. The largest absolute Gasteiger partial charge is 0.325 e. The zero-order valence-corrected chi connectivity index (χ0v) is 24.5. The van der Waals surface area contributed by atoms with Crippen molar-refractivity contribution in [1.82, 2.24) is 0 Å². The van der Waals surface area contributed by atoms with Crippen LogP contribution >= 0.6 is 27.5 Å². The molecule has 0 saturated carbocycles. The first-order valence-electron chi connectivity index (χ1n) is 11.5. The molecule has 0 fully saturated rings. The van der Waals surface area contributed by atoms with Crippen LogP contribution in [0.1, 0.15) is 5.56 Å². The number of aryl methyl sites for hydroxylation is 1. The van der Waals surface area contributed by atoms with Gasteiger partial charge in [0.05, 0.1) is 15.5 Å². The zero-order chi connectivity index (χ0) is 28.2. The lowest BCUT2D eigenvalue weighted by Gasteiger charge is -2.25. The quantitative estimate of drug-likeness (QED) is 0.230. The molecular formula is C27H23BrClN3O5S2. The molecule has 0 bridgehead atoms. The number of carbonyl (C=O) groups is 1. The van der Waals surface area contributed by atoms with Crippen LogP contribution in [0.2, 0.25) is 5.02 Å². The fourth-order valence-electron chi connectivity index (χ4n) is 3.70. The van der Waals surface area contributed by atoms with Crippen LogP contribution in [0.3, 0.4) is 0 Å². The highest BCUT2D eigenvalue weighted by Gasteiger charge is 2.28. The molecule has 4 rings (SSSR count). The Balaban J connectivity index is 1.54. The third-order valence-corrected chi connectivity index (χ3v) is 9.53. The fourth-order valence-corrected chi connectivity index (χ4v) is 6.75. The monoisotopic (exact) mass is 647 g/mol. The summed E-state index contributed by atoms with van der Waals surface area (Å²) in [5.41, 5.74) is 1.57. The van der Waals surface area contributed by atoms with Crippen LogP contribution in [-0.4, -0.2) is 29.3 Å². The summed E-state index contributed by atoms with van der Waals surface area (Å²) < 4.78 is 56.8. The summed E-state index contributed by atoms with van der Waals surface area (Å²) in [6.45, 7) is 1.18. The average molecular weight is 649 g/mol. The third-order valence-electron chi connectivity index (χ3n) is 5.59. The normalized spacial score (nSPS) is 11.6. The van der Waals surface area contributed by atoms with Crippen LogP contribution in [0.15, 0.2) is 111 Å². The van der Waals surface area contributed by atoms with Crippen molar-refractivity contribution in [2.75, 3.05) is 20.9 Å². The number of amides is 1. The molecule has 4 aromatic rings. The van der Waals surface area contributed by atoms with E-state index in [1.807, 2.05) is 0 Å². The first kappa shape index (κ1) is 28.6. The highest BCUT2D eigenvalue weighted by molar-refractivity contribution is 9.10. The van der Waals surface area contributed by atoms with Gasteiger partial charge in [-0.3, -0.25) is 13.8 Å². The molecule has 0 atom stereocenters. The standard InChI is InChI=1S/C27H23BrClN3O5S2/c1-19-17-21(29)9-16-26(19)32(39(36,37)25-5-3-2-4-6-25)18-27(33)30-22-12-14-24(15-13-22)38(34,35)31-23-10-7-20(28)8-11-23/h2-17,31H,18H2,1H3,(H,30,33). The molecule has 0 aliphatic heterocycles. The summed E-state index contributed by atoms with van der Waals surface area (Å²) in [5.74, 6) is -0.618. The van der Waals surface area contributed by atoms with Gasteiger partial charge in [-0.15, -0.1) is 0 Å². The van der Waals surface area contributed by atoms with Crippen LogP contribution in [0.25, 0.3) is 0 Å². The van der Waals surface area contributed by atoms with Gasteiger partial charge in [0.25, 0.3) is 20.0 Å². The summed E-state index contributed by atoms with van der Waals surface area (Å²) in [7, 11) is -7.96. The van der Waals surface area contributed by atoms with Gasteiger partial charge in [-0.2, -0.15) is 0 Å². The van der Waals surface area contributed by atoms with Gasteiger partial charge in [0.1, 0.15) is 6.54 Å². The molecule has 8 nitrogen and oxygen atoms in total. The first-order chi connectivity index (χ1) is 18.5. The summed E-state index contributed by atoms with van der Waals surface area (Å²) in [6.07, 6.45) is 0. The molecule has 2 N–H and O–H groups in total. The third kappa shape index (κ3) is 6.99. The Labute approximate surface area is 240 Å². The van der Waals surface area contributed by atoms with Gasteiger partial charge in [0.15, 0.2) is 0 Å². The van der Waals surface area contributed by atoms with Gasteiger partial charge >= 0.3 is 0 Å². The number of nitrogens with one attached hydrogen (secondary N) is 2. The molecule has 0 aromatic heterocycles. The summed E-state index contributed by atoms with van der Waals surface area (Å²) in [5, 5.41) is 3.07. The number of anilines is 3. The van der Waals surface area contributed by atoms with E-state index in [1.165, 1.54) is 36.4 Å². The molecule has 0 aliphatic carbocycles. The smallest absolute Gasteiger partial charge is 0.264 e. The number of sulfonamides is 2. The lowest BCUT2D eigenvalue weighted by atomic mass is 10.2. The maximum absolute atomic E-state index is 13.5. The number of benzene rings is 4. The van der Waals surface area contributed by atoms with Gasteiger partial charge < -0.3 is 5.32 Å². The predicted octanol–water partition coefficient (Wildman–Crippen LogP) is 6.05. The second-order valence-corrected chi connectivity index (χ2v) is 13.3. The lowest BCUT2D eigenvalue weighted by Crippen LogP contribution is -2.38. The Morgan fingerprint density at radius 2 is 1.44 bits per heavy atom. The van der Waals surface area contributed by atoms with Crippen molar-refractivity contribution in [3.63, 3.8) is 0 Å². The van der Waals surface area contributed by atoms with Crippen molar-refractivity contribution >= 4 is 70.5 Å². The SMILES string of the molecule is Cc1cc(Cl)ccc1N(CC(=O)Nc1ccc(S(=O)(=O)Nc2ccc(Br)cc2)cc1)S(=O)(=O)c1ccccc1. The van der Waals surface area contributed by atoms with E-state index in [4.69, 9.17) is 11.6 Å². The summed E-state index contributed by atoms with van der Waals surface area (Å²) in [6, 6.07) is 24.7. The van der Waals surface area contributed by atoms with Crippen molar-refractivity contribution < 1.29 is 21.6 Å². The molecule has 0 heterocycles. The molecule has 12 heteroatoms. The molecule has 1 amide bonds. The number of rotatable bonds is 9. The Hall–Kier alpha value is -3.38. The van der Waals surface area contributed by atoms with Gasteiger partial charge in [0, 0.05) is 20.9 Å². The molecule has 0 radical (unpaired) electrons. The van der Waals surface area contributed by atoms with Crippen molar-refractivity contribution in [2.24, 2.45) is 0 Å². The number of halogens is 2. The predicted molar refractivity (Wildman–Crippen MR) is 157 cm³/mol. The van der Waals surface area contributed by atoms with Crippen molar-refractivity contribution in [3.05, 3.63) is 112 Å². The molecule has 0 saturated heterocycles. The van der Waals surface area contributed by atoms with E-state index in [0.29, 0.717) is 27.6 Å². The van der Waals surface area contributed by atoms with Crippen LogP contribution in [0.4, 0.5) is 17.1 Å². The number of hydrogen-bond donors (Lipinski definition) is 2. The molecular weight excluding hydrogens is 626 g/mol. The second-order valence-electron chi connectivity index (χ2n) is 8.44. The topological polar surface area (TPSA) is 113 Å². The van der Waals surface area contributed by atoms with Crippen LogP contribution < -0.4 is 14.3 Å². The minimum Gasteiger partial charge on any atom is -0.325 e. The van der Waals surface area contributed by atoms with E-state index in [0.717, 1.165) is 8.78 Å². The minimum atomic E-state index is -4.10. The van der Waals surface area contributed by atoms with E-state index in [-0.39, 0.29) is 9.79 Å². The Morgan fingerprint density at radius 3 is 2.05 bits per heavy atom. The number of nitrogens with zero attached hydrogens (tertiary/aromatic N) is 1. The summed E-state index contributed by atoms with van der Waals surface area (Å²) in [4.78, 5) is 13.0. The summed E-state index contributed by atoms with van der Waals surface area (Å²) >= 11 is 9.37. The van der Waals surface area contributed by atoms with Gasteiger partial charge in [0.2, 0.25) is 5.91 Å². The highest BCUT2D eigenvalue weighted by Crippen LogP contribution is 2.29. The minimum absolute atomic E-state index is 0.00603. The number of hydrogen-bond acceptors (Lipinski definition) is 5. The molecule has 0 unspecified atom stereocenters. The van der Waals surface area contributed by atoms with Gasteiger partial charge in [-0.05, 0) is 91.3 Å². The maximum Gasteiger partial charge on any atom is 0.264 e. The van der Waals surface area contributed by atoms with E-state index in [1.54, 1.807) is 67.6 Å². The average Bonchev–Trinajstić information content (AvgIpc) is 2.90. The molecule has 0 spiro atoms. The fraction of sp³-hybridized carbons (Fsp3) is 0.0741. The zero-order valence-electron chi connectivity index (χ0n) is 20.5. The van der Waals surface area contributed by atoms with Crippen molar-refractivity contribution in [1.29, 1.82) is 0 Å². The highest BCUT2D eigenvalue weighted by atomic mass is 79.9. The van der Waals surface area contributed by atoms with Gasteiger partial charge in [-0.1, -0.05) is 45.7 Å². The van der Waals surface area contributed by atoms with E-state index >= 15 is 0 Å². The van der Waals surface area contributed by atoms with Crippen LogP contribution in [-0.2, 0) is 24.8 Å². The van der Waals surface area contributed by atoms with Crippen LogP contribution in [0.5, 0.6) is 0 Å². The molecule has 202 valence electrons. The van der Waals surface area contributed by atoms with E-state index < -0.39 is 32.5 Å². The lowest BCUT2D eigenvalue weighted by molar-refractivity contribution is -0.114. The molecule has 4 aromatic carbocycles. The van der Waals surface area contributed by atoms with Crippen molar-refractivity contribution in [3.8, 4) is 0 Å². The van der Waals surface area contributed by atoms with Crippen LogP contribution in [0, 0.1) is 6.92 Å². The molecule has 39 heavy (non-hydrogen) atoms. The molecule has 0 aliphatic rings. The first-order valence-corrected chi connectivity index (χ1v) is 15.6. The Kier molecular flexibility index (Phi) is 8.65. The van der Waals surface area contributed by atoms with Crippen molar-refractivity contribution in [2.45, 2.75) is 16.7 Å². The Morgan fingerprint density at radius 1 is 0.821 bits per heavy atom. The van der Waals surface area contributed by atoms with E-state index in [9.17, 15) is 21.6 Å².